The molecule has 0 aromatic carbocycles. The number of hydrogen-bond acceptors (Lipinski definition) is 6. The van der Waals surface area contributed by atoms with Gasteiger partial charge in [0.05, 0.1) is 11.8 Å². The van der Waals surface area contributed by atoms with Gasteiger partial charge in [0.1, 0.15) is 6.73 Å². The van der Waals surface area contributed by atoms with Crippen LogP contribution >= 0.6 is 0 Å². The zero-order valence-electron chi connectivity index (χ0n) is 11.2. The molecule has 0 atom stereocenters. The first-order valence-electron chi connectivity index (χ1n) is 6.19. The van der Waals surface area contributed by atoms with Crippen molar-refractivity contribution in [1.29, 1.82) is 0 Å². The van der Waals surface area contributed by atoms with E-state index in [9.17, 15) is 10.1 Å². The molecule has 0 spiro atoms. The fourth-order valence-corrected chi connectivity index (χ4v) is 1.71. The van der Waals surface area contributed by atoms with Crippen LogP contribution in [0.15, 0.2) is 71.2 Å². The summed E-state index contributed by atoms with van der Waals surface area (Å²) in [6.07, 6.45) is 13.2. The zero-order valence-corrected chi connectivity index (χ0v) is 11.2. The van der Waals surface area contributed by atoms with Crippen LogP contribution in [0.2, 0.25) is 0 Å². The van der Waals surface area contributed by atoms with Crippen LogP contribution in [0.1, 0.15) is 5.56 Å². The van der Waals surface area contributed by atoms with Crippen molar-refractivity contribution in [2.45, 2.75) is 6.73 Å². The second-order valence-corrected chi connectivity index (χ2v) is 4.23. The van der Waals surface area contributed by atoms with Crippen LogP contribution in [0.5, 0.6) is 0 Å². The quantitative estimate of drug-likeness (QED) is 0.346. The predicted octanol–water partition coefficient (Wildman–Crippen LogP) is 1.82. The third kappa shape index (κ3) is 4.66. The number of aromatic nitrogens is 1. The van der Waals surface area contributed by atoms with E-state index in [0.29, 0.717) is 19.0 Å². The lowest BCUT2D eigenvalue weighted by Gasteiger charge is -2.17. The van der Waals surface area contributed by atoms with Crippen LogP contribution in [0.4, 0.5) is 0 Å². The minimum atomic E-state index is 0.345. The van der Waals surface area contributed by atoms with E-state index < -0.39 is 0 Å². The van der Waals surface area contributed by atoms with Crippen LogP contribution in [0.25, 0.3) is 0 Å². The molecule has 1 aromatic heterocycles. The highest BCUT2D eigenvalue weighted by Gasteiger charge is 2.04. The van der Waals surface area contributed by atoms with E-state index in [1.54, 1.807) is 41.4 Å². The first kappa shape index (κ1) is 14.6. The maximum atomic E-state index is 10.2. The predicted molar refractivity (Wildman–Crippen MR) is 77.5 cm³/mol. The topological polar surface area (TPSA) is 81.2 Å². The van der Waals surface area contributed by atoms with Gasteiger partial charge < -0.3 is 20.0 Å². The lowest BCUT2D eigenvalue weighted by Crippen LogP contribution is -2.36. The van der Waals surface area contributed by atoms with Crippen molar-refractivity contribution in [2.75, 3.05) is 6.73 Å². The number of rotatable bonds is 6. The third-order valence-corrected chi connectivity index (χ3v) is 2.68. The van der Waals surface area contributed by atoms with Crippen LogP contribution in [0.3, 0.4) is 0 Å². The van der Waals surface area contributed by atoms with E-state index in [0.717, 1.165) is 5.57 Å². The van der Waals surface area contributed by atoms with E-state index in [-0.39, 0.29) is 0 Å². The Morgan fingerprint density at radius 3 is 2.90 bits per heavy atom. The molecule has 2 heterocycles. The molecule has 108 valence electrons. The van der Waals surface area contributed by atoms with Crippen molar-refractivity contribution >= 4 is 6.21 Å². The first-order chi connectivity index (χ1) is 10.3. The Morgan fingerprint density at radius 2 is 2.19 bits per heavy atom. The second kappa shape index (κ2) is 7.71. The Kier molecular flexibility index (Phi) is 5.36. The second-order valence-electron chi connectivity index (χ2n) is 4.23. The molecule has 0 bridgehead atoms. The molecular formula is C14H14N4O3. The highest BCUT2D eigenvalue weighted by Crippen LogP contribution is 2.09. The van der Waals surface area contributed by atoms with E-state index in [4.69, 9.17) is 4.74 Å². The normalized spacial score (nSPS) is 13.9. The van der Waals surface area contributed by atoms with E-state index in [1.807, 2.05) is 17.2 Å². The molecule has 0 unspecified atom stereocenters. The van der Waals surface area contributed by atoms with Gasteiger partial charge in [-0.1, -0.05) is 0 Å². The highest BCUT2D eigenvalue weighted by molar-refractivity contribution is 5.78. The standard InChI is InChI=1S/C14H14N4O3/c19-15-8-13-3-6-17(7-4-13)11-21-12-18-5-1-2-14(10-18)9-16-20/h1-10H,11-12H2/b16-9+. The van der Waals surface area contributed by atoms with Gasteiger partial charge in [0.2, 0.25) is 0 Å². The summed E-state index contributed by atoms with van der Waals surface area (Å²) in [5.74, 6) is 0. The summed E-state index contributed by atoms with van der Waals surface area (Å²) in [6.45, 7) is 0.707. The number of nitrogens with zero attached hydrogens (tertiary/aromatic N) is 4. The summed E-state index contributed by atoms with van der Waals surface area (Å²) in [4.78, 5) is 11.9. The average molecular weight is 286 g/mol. The number of nitroso groups, excluding NO2 is 1. The molecule has 0 fully saturated rings. The van der Waals surface area contributed by atoms with Crippen molar-refractivity contribution in [3.8, 4) is 0 Å². The Labute approximate surface area is 121 Å². The van der Waals surface area contributed by atoms with Crippen LogP contribution in [-0.2, 0) is 11.5 Å². The van der Waals surface area contributed by atoms with Crippen molar-refractivity contribution in [3.63, 3.8) is 0 Å². The number of ether oxygens (including phenoxy) is 1. The van der Waals surface area contributed by atoms with Gasteiger partial charge in [-0.25, -0.2) is 0 Å². The van der Waals surface area contributed by atoms with E-state index >= 15 is 0 Å². The van der Waals surface area contributed by atoms with Crippen molar-refractivity contribution in [3.05, 3.63) is 76.5 Å². The van der Waals surface area contributed by atoms with Gasteiger partial charge in [0, 0.05) is 24.7 Å². The lowest BCUT2D eigenvalue weighted by atomic mass is 10.2. The fraction of sp³-hybridized carbons (Fsp3) is 0.143. The van der Waals surface area contributed by atoms with Gasteiger partial charge in [-0.3, -0.25) is 0 Å². The smallest absolute Gasteiger partial charge is 0.254 e. The van der Waals surface area contributed by atoms with E-state index in [2.05, 4.69) is 10.3 Å². The van der Waals surface area contributed by atoms with Gasteiger partial charge >= 0.3 is 0 Å². The van der Waals surface area contributed by atoms with Gasteiger partial charge in [0.25, 0.3) is 6.73 Å². The molecule has 0 aliphatic carbocycles. The van der Waals surface area contributed by atoms with E-state index in [1.165, 1.54) is 12.4 Å². The van der Waals surface area contributed by atoms with Gasteiger partial charge in [-0.2, -0.15) is 4.57 Å². The number of pyridine rings is 1. The highest BCUT2D eigenvalue weighted by atomic mass is 16.5. The monoisotopic (exact) mass is 286 g/mol. The number of hydrogen-bond donors (Lipinski definition) is 0. The average Bonchev–Trinajstić information content (AvgIpc) is 2.50. The molecule has 2 rings (SSSR count). The van der Waals surface area contributed by atoms with Gasteiger partial charge in [-0.15, -0.1) is 4.91 Å². The molecule has 1 aromatic rings. The summed E-state index contributed by atoms with van der Waals surface area (Å²) in [5.41, 5.74) is 1.45. The molecule has 7 heteroatoms. The summed E-state index contributed by atoms with van der Waals surface area (Å²) in [6, 6.07) is 3.59. The molecule has 21 heavy (non-hydrogen) atoms. The Hall–Kier alpha value is -2.80. The summed E-state index contributed by atoms with van der Waals surface area (Å²) < 4.78 is 7.35. The summed E-state index contributed by atoms with van der Waals surface area (Å²) in [7, 11) is 0. The Bertz CT molecular complexity index is 592. The maximum absolute atomic E-state index is 10.2. The van der Waals surface area contributed by atoms with Gasteiger partial charge in [0.15, 0.2) is 12.4 Å². The van der Waals surface area contributed by atoms with Crippen LogP contribution in [0, 0.1) is 10.1 Å². The molecule has 0 saturated heterocycles. The summed E-state index contributed by atoms with van der Waals surface area (Å²) in [5, 5.41) is 15.6. The Balaban J connectivity index is 1.81. The van der Waals surface area contributed by atoms with Crippen LogP contribution in [-0.4, -0.2) is 17.8 Å². The fourth-order valence-electron chi connectivity index (χ4n) is 1.71. The Morgan fingerprint density at radius 1 is 1.38 bits per heavy atom. The molecule has 1 aliphatic rings. The zero-order chi connectivity index (χ0) is 14.9. The number of allylic oxidation sites excluding steroid dienone is 3. The van der Waals surface area contributed by atoms with Crippen molar-refractivity contribution in [1.82, 2.24) is 4.90 Å². The molecule has 0 N–H and O–H groups in total. The maximum Gasteiger partial charge on any atom is 0.254 e. The lowest BCUT2D eigenvalue weighted by molar-refractivity contribution is -0.733. The van der Waals surface area contributed by atoms with Gasteiger partial charge in [-0.05, 0) is 29.0 Å². The third-order valence-electron chi connectivity index (χ3n) is 2.68. The summed E-state index contributed by atoms with van der Waals surface area (Å²) >= 11 is 0. The molecule has 0 amide bonds. The molecule has 1 aliphatic heterocycles. The first-order valence-corrected chi connectivity index (χ1v) is 6.19. The van der Waals surface area contributed by atoms with Crippen molar-refractivity contribution < 1.29 is 9.30 Å². The SMILES string of the molecule is O=NC=C1C=CN(COC[n+]2cccc(/C=N/[O-])c2)C=C1. The largest absolute Gasteiger partial charge is 0.792 e. The molecule has 0 saturated carbocycles. The minimum Gasteiger partial charge on any atom is -0.792 e. The molecule has 7 nitrogen and oxygen atoms in total. The van der Waals surface area contributed by atoms with Crippen LogP contribution < -0.4 is 4.57 Å². The minimum absolute atomic E-state index is 0.345. The molecular weight excluding hydrogens is 272 g/mol. The molecule has 0 radical (unpaired) electrons. The van der Waals surface area contributed by atoms with Crippen molar-refractivity contribution in [2.24, 2.45) is 10.3 Å².